The van der Waals surface area contributed by atoms with E-state index < -0.39 is 38.5 Å². The Labute approximate surface area is 189 Å². The molecule has 1 aromatic heterocycles. The molecule has 0 fully saturated rings. The van der Waals surface area contributed by atoms with Gasteiger partial charge in [0.2, 0.25) is 10.0 Å². The van der Waals surface area contributed by atoms with Gasteiger partial charge in [-0.2, -0.15) is 13.2 Å². The van der Waals surface area contributed by atoms with Crippen molar-refractivity contribution >= 4 is 26.0 Å². The van der Waals surface area contributed by atoms with E-state index in [1.165, 1.54) is 41.8 Å². The number of alkyl halides is 3. The van der Waals surface area contributed by atoms with Gasteiger partial charge in [-0.05, 0) is 56.3 Å². The van der Waals surface area contributed by atoms with Crippen LogP contribution in [0.2, 0.25) is 0 Å². The highest BCUT2D eigenvalue weighted by atomic mass is 79.9. The van der Waals surface area contributed by atoms with Crippen LogP contribution in [0.25, 0.3) is 0 Å². The summed E-state index contributed by atoms with van der Waals surface area (Å²) in [4.78, 5) is -0.912. The first-order valence-corrected chi connectivity index (χ1v) is 11.5. The highest BCUT2D eigenvalue weighted by Gasteiger charge is 2.38. The Morgan fingerprint density at radius 2 is 1.81 bits per heavy atom. The normalized spacial score (nSPS) is 13.2. The SMILES string of the molecule is CCn1c(Oc2ccc(F)cc2)nnc1[C@@H](C)NS(=O)(=O)c1ccc(Br)cc1C(F)(F)F. The van der Waals surface area contributed by atoms with Gasteiger partial charge in [-0.15, -0.1) is 5.10 Å². The maximum absolute atomic E-state index is 13.4. The summed E-state index contributed by atoms with van der Waals surface area (Å²) in [6.45, 7) is 3.42. The number of nitrogens with zero attached hydrogens (tertiary/aromatic N) is 3. The van der Waals surface area contributed by atoms with E-state index in [0.717, 1.165) is 6.07 Å². The Balaban J connectivity index is 1.90. The second kappa shape index (κ2) is 9.16. The highest BCUT2D eigenvalue weighted by molar-refractivity contribution is 9.10. The molecule has 3 aromatic rings. The van der Waals surface area contributed by atoms with Crippen molar-refractivity contribution in [3.8, 4) is 11.8 Å². The molecule has 0 unspecified atom stereocenters. The van der Waals surface area contributed by atoms with Crippen LogP contribution in [0.1, 0.15) is 31.3 Å². The zero-order chi connectivity index (χ0) is 23.7. The number of benzene rings is 2. The molecule has 32 heavy (non-hydrogen) atoms. The lowest BCUT2D eigenvalue weighted by molar-refractivity contribution is -0.139. The van der Waals surface area contributed by atoms with Crippen LogP contribution in [0, 0.1) is 5.82 Å². The zero-order valence-corrected chi connectivity index (χ0v) is 19.1. The van der Waals surface area contributed by atoms with Crippen molar-refractivity contribution in [2.45, 2.75) is 37.5 Å². The molecular weight excluding hydrogens is 520 g/mol. The molecule has 2 aromatic carbocycles. The number of sulfonamides is 1. The molecule has 13 heteroatoms. The van der Waals surface area contributed by atoms with Crippen molar-refractivity contribution in [2.75, 3.05) is 0 Å². The van der Waals surface area contributed by atoms with Gasteiger partial charge < -0.3 is 4.74 Å². The third kappa shape index (κ3) is 5.27. The molecule has 7 nitrogen and oxygen atoms in total. The molecule has 0 bridgehead atoms. The molecule has 0 saturated heterocycles. The number of rotatable bonds is 7. The third-order valence-electron chi connectivity index (χ3n) is 4.34. The summed E-state index contributed by atoms with van der Waals surface area (Å²) in [5, 5.41) is 7.79. The predicted octanol–water partition coefficient (Wildman–Crippen LogP) is 5.05. The molecule has 0 aliphatic carbocycles. The first-order valence-electron chi connectivity index (χ1n) is 9.18. The molecular formula is C19H17BrF4N4O3S. The lowest BCUT2D eigenvalue weighted by atomic mass is 10.2. The minimum atomic E-state index is -4.88. The Bertz CT molecular complexity index is 1210. The van der Waals surface area contributed by atoms with Gasteiger partial charge in [-0.1, -0.05) is 21.0 Å². The van der Waals surface area contributed by atoms with Crippen LogP contribution in [0.5, 0.6) is 11.8 Å². The van der Waals surface area contributed by atoms with E-state index in [-0.39, 0.29) is 28.6 Å². The number of hydrogen-bond acceptors (Lipinski definition) is 5. The van der Waals surface area contributed by atoms with Crippen LogP contribution in [-0.4, -0.2) is 23.2 Å². The standard InChI is InChI=1S/C19H17BrF4N4O3S/c1-3-28-17(25-26-18(28)31-14-7-5-13(21)6-8-14)11(2)27-32(29,30)16-9-4-12(20)10-15(16)19(22,23)24/h4-11,27H,3H2,1-2H3/t11-/m1/s1. The summed E-state index contributed by atoms with van der Waals surface area (Å²) < 4.78 is 88.1. The summed E-state index contributed by atoms with van der Waals surface area (Å²) in [7, 11) is -4.57. The molecule has 0 spiro atoms. The van der Waals surface area contributed by atoms with E-state index in [0.29, 0.717) is 6.07 Å². The average molecular weight is 537 g/mol. The maximum Gasteiger partial charge on any atom is 0.417 e. The van der Waals surface area contributed by atoms with Crippen molar-refractivity contribution in [1.29, 1.82) is 0 Å². The highest BCUT2D eigenvalue weighted by Crippen LogP contribution is 2.36. The van der Waals surface area contributed by atoms with Crippen LogP contribution in [0.4, 0.5) is 17.6 Å². The molecule has 3 rings (SSSR count). The Morgan fingerprint density at radius 1 is 1.16 bits per heavy atom. The zero-order valence-electron chi connectivity index (χ0n) is 16.7. The van der Waals surface area contributed by atoms with Gasteiger partial charge in [-0.25, -0.2) is 17.5 Å². The van der Waals surface area contributed by atoms with Crippen molar-refractivity contribution in [3.05, 3.63) is 64.1 Å². The second-order valence-electron chi connectivity index (χ2n) is 6.62. The van der Waals surface area contributed by atoms with Crippen molar-refractivity contribution in [2.24, 2.45) is 0 Å². The minimum Gasteiger partial charge on any atom is -0.424 e. The number of halogens is 5. The van der Waals surface area contributed by atoms with Gasteiger partial charge in [-0.3, -0.25) is 4.57 Å². The van der Waals surface area contributed by atoms with Crippen LogP contribution in [-0.2, 0) is 22.7 Å². The Hall–Kier alpha value is -2.51. The lowest BCUT2D eigenvalue weighted by Gasteiger charge is -2.18. The number of nitrogens with one attached hydrogen (secondary N) is 1. The van der Waals surface area contributed by atoms with Gasteiger partial charge in [0.25, 0.3) is 0 Å². The minimum absolute atomic E-state index is 0.0137. The quantitative estimate of drug-likeness (QED) is 0.427. The van der Waals surface area contributed by atoms with Gasteiger partial charge in [0, 0.05) is 11.0 Å². The Kier molecular flexibility index (Phi) is 6.91. The third-order valence-corrected chi connectivity index (χ3v) is 6.43. The van der Waals surface area contributed by atoms with Crippen LogP contribution < -0.4 is 9.46 Å². The van der Waals surface area contributed by atoms with E-state index in [1.54, 1.807) is 6.92 Å². The summed E-state index contributed by atoms with van der Waals surface area (Å²) >= 11 is 2.92. The molecule has 172 valence electrons. The first kappa shape index (κ1) is 24.1. The van der Waals surface area contributed by atoms with E-state index in [9.17, 15) is 26.0 Å². The fourth-order valence-corrected chi connectivity index (χ4v) is 4.68. The van der Waals surface area contributed by atoms with Gasteiger partial charge >= 0.3 is 12.2 Å². The summed E-state index contributed by atoms with van der Waals surface area (Å²) in [6, 6.07) is 6.88. The van der Waals surface area contributed by atoms with Gasteiger partial charge in [0.15, 0.2) is 5.82 Å². The second-order valence-corrected chi connectivity index (χ2v) is 9.22. The van der Waals surface area contributed by atoms with Gasteiger partial charge in [0.05, 0.1) is 16.5 Å². The monoisotopic (exact) mass is 536 g/mol. The number of aromatic nitrogens is 3. The van der Waals surface area contributed by atoms with Crippen molar-refractivity contribution in [3.63, 3.8) is 0 Å². The first-order chi connectivity index (χ1) is 14.9. The molecule has 1 heterocycles. The van der Waals surface area contributed by atoms with Crippen molar-refractivity contribution < 1.29 is 30.7 Å². The maximum atomic E-state index is 13.4. The lowest BCUT2D eigenvalue weighted by Crippen LogP contribution is -2.30. The molecule has 0 aliphatic heterocycles. The van der Waals surface area contributed by atoms with Crippen LogP contribution in [0.15, 0.2) is 51.8 Å². The molecule has 0 radical (unpaired) electrons. The van der Waals surface area contributed by atoms with E-state index in [1.807, 2.05) is 0 Å². The molecule has 0 aliphatic rings. The van der Waals surface area contributed by atoms with E-state index >= 15 is 0 Å². The van der Waals surface area contributed by atoms with Gasteiger partial charge in [0.1, 0.15) is 11.6 Å². The fraction of sp³-hybridized carbons (Fsp3) is 0.263. The molecule has 0 amide bonds. The predicted molar refractivity (Wildman–Crippen MR) is 110 cm³/mol. The molecule has 1 N–H and O–H groups in total. The number of hydrogen-bond donors (Lipinski definition) is 1. The largest absolute Gasteiger partial charge is 0.424 e. The van der Waals surface area contributed by atoms with Crippen LogP contribution >= 0.6 is 15.9 Å². The summed E-state index contributed by atoms with van der Waals surface area (Å²) in [5.74, 6) is -0.0546. The average Bonchev–Trinajstić information content (AvgIpc) is 3.11. The topological polar surface area (TPSA) is 86.1 Å². The van der Waals surface area contributed by atoms with E-state index in [2.05, 4.69) is 30.8 Å². The fourth-order valence-electron chi connectivity index (χ4n) is 2.91. The Morgan fingerprint density at radius 3 is 2.41 bits per heavy atom. The molecule has 1 atom stereocenters. The summed E-state index contributed by atoms with van der Waals surface area (Å²) in [6.07, 6.45) is -4.88. The number of ether oxygens (including phenoxy) is 1. The summed E-state index contributed by atoms with van der Waals surface area (Å²) in [5.41, 5.74) is -1.30. The van der Waals surface area contributed by atoms with Crippen LogP contribution in [0.3, 0.4) is 0 Å². The van der Waals surface area contributed by atoms with Crippen molar-refractivity contribution in [1.82, 2.24) is 19.5 Å². The van der Waals surface area contributed by atoms with E-state index in [4.69, 9.17) is 4.74 Å². The smallest absolute Gasteiger partial charge is 0.417 e. The molecule has 0 saturated carbocycles.